The van der Waals surface area contributed by atoms with Crippen LogP contribution in [-0.4, -0.2) is 44.2 Å². The van der Waals surface area contributed by atoms with Gasteiger partial charge in [0.2, 0.25) is 11.7 Å². The minimum Gasteiger partial charge on any atom is -0.355 e. The molecule has 0 saturated heterocycles. The summed E-state index contributed by atoms with van der Waals surface area (Å²) in [6.07, 6.45) is 7.48. The Morgan fingerprint density at radius 1 is 1.21 bits per heavy atom. The first-order chi connectivity index (χ1) is 10.8. The SMILES string of the molecule is Cl.Cl.NCC(=O)NCCCCCCn1nnc(-c2cccnc2)n1. The lowest BCUT2D eigenvalue weighted by Crippen LogP contribution is -2.30. The molecule has 10 heteroatoms. The van der Waals surface area contributed by atoms with E-state index >= 15 is 0 Å². The molecule has 0 fully saturated rings. The molecule has 0 spiro atoms. The van der Waals surface area contributed by atoms with Crippen molar-refractivity contribution in [1.29, 1.82) is 0 Å². The van der Waals surface area contributed by atoms with Crippen molar-refractivity contribution in [2.75, 3.05) is 13.1 Å². The van der Waals surface area contributed by atoms with Crippen molar-refractivity contribution in [3.63, 3.8) is 0 Å². The molecule has 0 radical (unpaired) electrons. The van der Waals surface area contributed by atoms with Crippen molar-refractivity contribution in [1.82, 2.24) is 30.5 Å². The summed E-state index contributed by atoms with van der Waals surface area (Å²) in [6, 6.07) is 3.75. The molecule has 1 amide bonds. The third kappa shape index (κ3) is 7.67. The smallest absolute Gasteiger partial charge is 0.233 e. The Labute approximate surface area is 153 Å². The second-order valence-electron chi connectivity index (χ2n) is 4.92. The Morgan fingerprint density at radius 2 is 2.00 bits per heavy atom. The Hall–Kier alpha value is -1.77. The summed E-state index contributed by atoms with van der Waals surface area (Å²) < 4.78 is 0. The number of rotatable bonds is 9. The Morgan fingerprint density at radius 3 is 2.71 bits per heavy atom. The van der Waals surface area contributed by atoms with Crippen LogP contribution in [0.2, 0.25) is 0 Å². The minimum absolute atomic E-state index is 0. The molecule has 0 aliphatic carbocycles. The van der Waals surface area contributed by atoms with E-state index in [1.807, 2.05) is 12.1 Å². The highest BCUT2D eigenvalue weighted by Crippen LogP contribution is 2.10. The number of carbonyl (C=O) groups excluding carboxylic acids is 1. The maximum Gasteiger partial charge on any atom is 0.233 e. The first-order valence-electron chi connectivity index (χ1n) is 7.44. The van der Waals surface area contributed by atoms with Gasteiger partial charge in [0.25, 0.3) is 0 Å². The molecule has 8 nitrogen and oxygen atoms in total. The molecule has 134 valence electrons. The summed E-state index contributed by atoms with van der Waals surface area (Å²) in [4.78, 5) is 16.6. The fraction of sp³-hybridized carbons (Fsp3) is 0.500. The fourth-order valence-corrected chi connectivity index (χ4v) is 1.98. The lowest BCUT2D eigenvalue weighted by Gasteiger charge is -2.03. The minimum atomic E-state index is -0.102. The van der Waals surface area contributed by atoms with Crippen LogP contribution in [0.3, 0.4) is 0 Å². The van der Waals surface area contributed by atoms with E-state index < -0.39 is 0 Å². The van der Waals surface area contributed by atoms with Crippen molar-refractivity contribution in [2.24, 2.45) is 5.73 Å². The molecule has 0 aliphatic heterocycles. The Kier molecular flexibility index (Phi) is 11.7. The van der Waals surface area contributed by atoms with Gasteiger partial charge in [0.05, 0.1) is 13.1 Å². The molecule has 3 N–H and O–H groups in total. The molecule has 0 atom stereocenters. The maximum atomic E-state index is 10.9. The van der Waals surface area contributed by atoms with Gasteiger partial charge in [-0.2, -0.15) is 4.80 Å². The lowest BCUT2D eigenvalue weighted by atomic mass is 10.2. The van der Waals surface area contributed by atoms with E-state index in [4.69, 9.17) is 5.73 Å². The second-order valence-corrected chi connectivity index (χ2v) is 4.92. The van der Waals surface area contributed by atoms with Gasteiger partial charge >= 0.3 is 0 Å². The maximum absolute atomic E-state index is 10.9. The number of hydrogen-bond acceptors (Lipinski definition) is 6. The van der Waals surface area contributed by atoms with E-state index in [0.29, 0.717) is 12.4 Å². The van der Waals surface area contributed by atoms with Gasteiger partial charge in [-0.1, -0.05) is 12.8 Å². The highest BCUT2D eigenvalue weighted by Gasteiger charge is 2.05. The number of tetrazole rings is 1. The van der Waals surface area contributed by atoms with Crippen LogP contribution in [-0.2, 0) is 11.3 Å². The third-order valence-corrected chi connectivity index (χ3v) is 3.17. The first-order valence-corrected chi connectivity index (χ1v) is 7.44. The van der Waals surface area contributed by atoms with Gasteiger partial charge in [-0.15, -0.1) is 35.0 Å². The van der Waals surface area contributed by atoms with Crippen LogP contribution in [0.25, 0.3) is 11.4 Å². The molecule has 2 heterocycles. The van der Waals surface area contributed by atoms with Crippen molar-refractivity contribution in [3.8, 4) is 11.4 Å². The highest BCUT2D eigenvalue weighted by molar-refractivity contribution is 5.85. The van der Waals surface area contributed by atoms with Gasteiger partial charge in [0, 0.05) is 24.5 Å². The summed E-state index contributed by atoms with van der Waals surface area (Å²) in [6.45, 7) is 1.47. The Bertz CT molecular complexity index is 580. The average molecular weight is 376 g/mol. The standard InChI is InChI=1S/C14H21N7O.2ClH/c15-10-13(22)17-8-3-1-2-4-9-21-19-14(18-20-21)12-6-5-7-16-11-12;;/h5-7,11H,1-4,8-10,15H2,(H,17,22);2*1H. The summed E-state index contributed by atoms with van der Waals surface area (Å²) >= 11 is 0. The van der Waals surface area contributed by atoms with Crippen LogP contribution < -0.4 is 11.1 Å². The van der Waals surface area contributed by atoms with Gasteiger partial charge in [0.1, 0.15) is 0 Å². The van der Waals surface area contributed by atoms with Gasteiger partial charge in [0.15, 0.2) is 0 Å². The number of halogens is 2. The topological polar surface area (TPSA) is 112 Å². The average Bonchev–Trinajstić information content (AvgIpc) is 3.03. The fourth-order valence-electron chi connectivity index (χ4n) is 1.98. The number of aryl methyl sites for hydroxylation is 1. The quantitative estimate of drug-likeness (QED) is 0.637. The highest BCUT2D eigenvalue weighted by atomic mass is 35.5. The largest absolute Gasteiger partial charge is 0.355 e. The van der Waals surface area contributed by atoms with Crippen LogP contribution in [0.1, 0.15) is 25.7 Å². The normalized spacial score (nSPS) is 9.71. The number of amides is 1. The zero-order valence-electron chi connectivity index (χ0n) is 13.3. The van der Waals surface area contributed by atoms with Crippen molar-refractivity contribution < 1.29 is 4.79 Å². The van der Waals surface area contributed by atoms with Crippen LogP contribution in [0, 0.1) is 0 Å². The number of carbonyl (C=O) groups is 1. The zero-order chi connectivity index (χ0) is 15.6. The van der Waals surface area contributed by atoms with E-state index in [1.54, 1.807) is 17.2 Å². The molecule has 0 saturated carbocycles. The van der Waals surface area contributed by atoms with E-state index in [9.17, 15) is 4.79 Å². The predicted molar refractivity (Wildman–Crippen MR) is 96.1 cm³/mol. The van der Waals surface area contributed by atoms with Gasteiger partial charge < -0.3 is 11.1 Å². The summed E-state index contributed by atoms with van der Waals surface area (Å²) in [7, 11) is 0. The number of nitrogens with two attached hydrogens (primary N) is 1. The summed E-state index contributed by atoms with van der Waals surface area (Å²) in [5.41, 5.74) is 6.07. The van der Waals surface area contributed by atoms with Gasteiger partial charge in [-0.25, -0.2) is 0 Å². The number of nitrogens with one attached hydrogen (secondary N) is 1. The van der Waals surface area contributed by atoms with Gasteiger partial charge in [-0.3, -0.25) is 9.78 Å². The number of nitrogens with zero attached hydrogens (tertiary/aromatic N) is 5. The molecular weight excluding hydrogens is 353 g/mol. The number of unbranched alkanes of at least 4 members (excludes halogenated alkanes) is 3. The van der Waals surface area contributed by atoms with E-state index in [0.717, 1.165) is 37.8 Å². The summed E-state index contributed by atoms with van der Waals surface area (Å²) in [5.74, 6) is 0.493. The van der Waals surface area contributed by atoms with Crippen molar-refractivity contribution in [2.45, 2.75) is 32.2 Å². The van der Waals surface area contributed by atoms with E-state index in [2.05, 4.69) is 25.7 Å². The van der Waals surface area contributed by atoms with E-state index in [-0.39, 0.29) is 37.3 Å². The predicted octanol–water partition coefficient (Wildman–Crippen LogP) is 1.21. The van der Waals surface area contributed by atoms with Gasteiger partial charge in [-0.05, 0) is 30.2 Å². The summed E-state index contributed by atoms with van der Waals surface area (Å²) in [5, 5.41) is 15.1. The van der Waals surface area contributed by atoms with Crippen LogP contribution in [0.5, 0.6) is 0 Å². The van der Waals surface area contributed by atoms with Crippen LogP contribution >= 0.6 is 24.8 Å². The van der Waals surface area contributed by atoms with Crippen LogP contribution in [0.4, 0.5) is 0 Å². The third-order valence-electron chi connectivity index (χ3n) is 3.17. The molecule has 0 aliphatic rings. The van der Waals surface area contributed by atoms with Crippen molar-refractivity contribution in [3.05, 3.63) is 24.5 Å². The number of hydrogen-bond donors (Lipinski definition) is 2. The number of aromatic nitrogens is 5. The monoisotopic (exact) mass is 375 g/mol. The molecule has 24 heavy (non-hydrogen) atoms. The number of pyridine rings is 1. The van der Waals surface area contributed by atoms with Crippen LogP contribution in [0.15, 0.2) is 24.5 Å². The van der Waals surface area contributed by atoms with Crippen molar-refractivity contribution >= 4 is 30.7 Å². The molecular formula is C14H23Cl2N7O. The molecule has 2 aromatic rings. The zero-order valence-corrected chi connectivity index (χ0v) is 14.9. The molecule has 2 aromatic heterocycles. The molecule has 0 aromatic carbocycles. The first kappa shape index (κ1) is 22.2. The molecule has 0 unspecified atom stereocenters. The molecule has 2 rings (SSSR count). The second kappa shape index (κ2) is 12.6. The Balaban J connectivity index is 0.00000264. The van der Waals surface area contributed by atoms with E-state index in [1.165, 1.54) is 0 Å². The lowest BCUT2D eigenvalue weighted by molar-refractivity contribution is -0.119. The molecule has 0 bridgehead atoms.